The average Bonchev–Trinajstić information content (AvgIpc) is 3.13. The Morgan fingerprint density at radius 3 is 1.82 bits per heavy atom. The molecule has 2 nitrogen and oxygen atoms in total. The van der Waals surface area contributed by atoms with Crippen LogP contribution in [-0.2, 0) is 0 Å². The third kappa shape index (κ3) is 6.78. The van der Waals surface area contributed by atoms with Gasteiger partial charge >= 0.3 is 0 Å². The Labute approximate surface area is 200 Å². The highest BCUT2D eigenvalue weighted by molar-refractivity contribution is 5.85. The molecule has 0 aromatic heterocycles. The number of hydrogen-bond acceptors (Lipinski definition) is 0. The normalized spacial score (nSPS) is 13.5. The molecule has 1 aliphatic heterocycles. The molecular formula is C31H38N2. The number of rotatable bonds is 12. The molecule has 172 valence electrons. The summed E-state index contributed by atoms with van der Waals surface area (Å²) in [5, 5.41) is 0. The van der Waals surface area contributed by atoms with Gasteiger partial charge in [0.15, 0.2) is 0 Å². The molecule has 0 spiro atoms. The monoisotopic (exact) mass is 438 g/mol. The number of benzene rings is 2. The number of hydrogen-bond donors (Lipinski definition) is 0. The molecule has 2 aromatic carbocycles. The zero-order valence-corrected chi connectivity index (χ0v) is 20.4. The summed E-state index contributed by atoms with van der Waals surface area (Å²) in [7, 11) is 0. The minimum atomic E-state index is 0.813. The SMILES string of the molecule is CCCCCCCCCC#CC1=C(c2ccccc2)[N+](=[N-])C(c2ccccc2)=C1CCCC. The highest BCUT2D eigenvalue weighted by Gasteiger charge is 2.34. The van der Waals surface area contributed by atoms with Crippen LogP contribution < -0.4 is 0 Å². The average molecular weight is 439 g/mol. The summed E-state index contributed by atoms with van der Waals surface area (Å²) < 4.78 is 1.38. The molecule has 3 rings (SSSR count). The standard InChI is InChI=1S/C31H38N2/c1-3-5-7-8-9-10-11-12-19-25-29-28(24-6-4-2)30(26-20-15-13-16-21-26)33(32)31(29)27-22-17-14-18-23-27/h13-18,20-23H,3-12,24H2,1-2H3. The lowest BCUT2D eigenvalue weighted by molar-refractivity contribution is -0.345. The minimum absolute atomic E-state index is 0.813. The molecule has 33 heavy (non-hydrogen) atoms. The van der Waals surface area contributed by atoms with Gasteiger partial charge in [-0.15, -0.1) is 0 Å². The van der Waals surface area contributed by atoms with E-state index in [0.717, 1.165) is 65.8 Å². The van der Waals surface area contributed by atoms with E-state index < -0.39 is 0 Å². The largest absolute Gasteiger partial charge is 0.493 e. The second-order valence-electron chi connectivity index (χ2n) is 8.87. The van der Waals surface area contributed by atoms with Gasteiger partial charge in [0.1, 0.15) is 5.57 Å². The first-order valence-electron chi connectivity index (χ1n) is 12.8. The summed E-state index contributed by atoms with van der Waals surface area (Å²) in [6, 6.07) is 20.4. The van der Waals surface area contributed by atoms with Gasteiger partial charge in [-0.3, -0.25) is 0 Å². The summed E-state index contributed by atoms with van der Waals surface area (Å²) in [5.74, 6) is 6.95. The van der Waals surface area contributed by atoms with Crippen LogP contribution in [0.5, 0.6) is 0 Å². The molecule has 0 saturated carbocycles. The molecule has 0 radical (unpaired) electrons. The van der Waals surface area contributed by atoms with Crippen LogP contribution in [0.15, 0.2) is 71.8 Å². The zero-order valence-electron chi connectivity index (χ0n) is 20.4. The van der Waals surface area contributed by atoms with Crippen molar-refractivity contribution in [3.05, 3.63) is 88.5 Å². The van der Waals surface area contributed by atoms with Crippen LogP contribution in [0, 0.1) is 11.8 Å². The van der Waals surface area contributed by atoms with Gasteiger partial charge in [-0.1, -0.05) is 107 Å². The smallest absolute Gasteiger partial charge is 0.223 e. The first kappa shape index (κ1) is 24.7. The molecular weight excluding hydrogens is 400 g/mol. The highest BCUT2D eigenvalue weighted by Crippen LogP contribution is 2.42. The molecule has 0 amide bonds. The molecule has 2 aromatic rings. The van der Waals surface area contributed by atoms with Gasteiger partial charge in [-0.05, 0) is 43.5 Å². The molecule has 1 aliphatic rings. The van der Waals surface area contributed by atoms with E-state index in [1.54, 1.807) is 0 Å². The van der Waals surface area contributed by atoms with E-state index in [9.17, 15) is 5.53 Å². The second kappa shape index (κ2) is 13.6. The molecule has 0 N–H and O–H groups in total. The van der Waals surface area contributed by atoms with Crippen molar-refractivity contribution in [2.45, 2.75) is 84.5 Å². The van der Waals surface area contributed by atoms with Crippen LogP contribution in [0.25, 0.3) is 16.9 Å². The Morgan fingerprint density at radius 2 is 1.21 bits per heavy atom. The fourth-order valence-corrected chi connectivity index (χ4v) is 4.42. The molecule has 0 unspecified atom stereocenters. The fraction of sp³-hybridized carbons (Fsp3) is 0.419. The maximum atomic E-state index is 11.4. The van der Waals surface area contributed by atoms with Crippen LogP contribution in [0.2, 0.25) is 0 Å². The summed E-state index contributed by atoms with van der Waals surface area (Å²) in [6.07, 6.45) is 13.1. The maximum absolute atomic E-state index is 11.4. The Bertz CT molecular complexity index is 1020. The quantitative estimate of drug-likeness (QED) is 0.179. The van der Waals surface area contributed by atoms with E-state index in [2.05, 4.69) is 50.0 Å². The van der Waals surface area contributed by atoms with Crippen LogP contribution in [-0.4, -0.2) is 4.70 Å². The lowest BCUT2D eigenvalue weighted by atomic mass is 9.95. The van der Waals surface area contributed by atoms with Crippen molar-refractivity contribution in [2.24, 2.45) is 0 Å². The first-order valence-corrected chi connectivity index (χ1v) is 12.8. The molecule has 0 fully saturated rings. The topological polar surface area (TPSA) is 25.3 Å². The molecule has 0 bridgehead atoms. The molecule has 2 heteroatoms. The van der Waals surface area contributed by atoms with Crippen LogP contribution in [0.1, 0.15) is 95.6 Å². The van der Waals surface area contributed by atoms with E-state index >= 15 is 0 Å². The van der Waals surface area contributed by atoms with Crippen LogP contribution in [0.3, 0.4) is 0 Å². The van der Waals surface area contributed by atoms with E-state index in [0.29, 0.717) is 0 Å². The zero-order chi connectivity index (χ0) is 23.3. The van der Waals surface area contributed by atoms with Crippen LogP contribution >= 0.6 is 0 Å². The molecule has 0 atom stereocenters. The van der Waals surface area contributed by atoms with E-state index in [-0.39, 0.29) is 0 Å². The van der Waals surface area contributed by atoms with Gasteiger partial charge in [0.2, 0.25) is 11.4 Å². The fourth-order valence-electron chi connectivity index (χ4n) is 4.42. The van der Waals surface area contributed by atoms with E-state index in [1.807, 2.05) is 36.4 Å². The highest BCUT2D eigenvalue weighted by atomic mass is 15.2. The Balaban J connectivity index is 1.88. The molecule has 0 aliphatic carbocycles. The minimum Gasteiger partial charge on any atom is -0.493 e. The summed E-state index contributed by atoms with van der Waals surface area (Å²) in [5.41, 5.74) is 17.3. The van der Waals surface area contributed by atoms with E-state index in [1.165, 1.54) is 43.2 Å². The number of unbranched alkanes of at least 4 members (excludes halogenated alkanes) is 8. The van der Waals surface area contributed by atoms with Crippen molar-refractivity contribution >= 4 is 11.4 Å². The number of nitrogens with zero attached hydrogens (tertiary/aromatic N) is 2. The molecule has 1 heterocycles. The first-order chi connectivity index (χ1) is 16.3. The third-order valence-electron chi connectivity index (χ3n) is 6.24. The van der Waals surface area contributed by atoms with Gasteiger partial charge in [-0.25, -0.2) is 4.70 Å². The second-order valence-corrected chi connectivity index (χ2v) is 8.87. The van der Waals surface area contributed by atoms with E-state index in [4.69, 9.17) is 0 Å². The van der Waals surface area contributed by atoms with Gasteiger partial charge in [-0.2, -0.15) is 0 Å². The lowest BCUT2D eigenvalue weighted by Crippen LogP contribution is -2.02. The van der Waals surface area contributed by atoms with Crippen molar-refractivity contribution < 1.29 is 4.70 Å². The van der Waals surface area contributed by atoms with Crippen molar-refractivity contribution in [3.8, 4) is 11.8 Å². The lowest BCUT2D eigenvalue weighted by Gasteiger charge is -2.08. The van der Waals surface area contributed by atoms with Gasteiger partial charge in [0.05, 0.1) is 0 Å². The number of allylic oxidation sites excluding steroid dienone is 2. The van der Waals surface area contributed by atoms with Crippen LogP contribution in [0.4, 0.5) is 0 Å². The predicted octanol–water partition coefficient (Wildman–Crippen LogP) is 9.19. The maximum Gasteiger partial charge on any atom is 0.223 e. The predicted molar refractivity (Wildman–Crippen MR) is 140 cm³/mol. The third-order valence-corrected chi connectivity index (χ3v) is 6.24. The summed E-state index contributed by atoms with van der Waals surface area (Å²) in [6.45, 7) is 4.47. The Kier molecular flexibility index (Phi) is 10.2. The van der Waals surface area contributed by atoms with Gasteiger partial charge in [0.25, 0.3) is 0 Å². The van der Waals surface area contributed by atoms with Crippen molar-refractivity contribution in [1.29, 1.82) is 0 Å². The summed E-state index contributed by atoms with van der Waals surface area (Å²) >= 11 is 0. The van der Waals surface area contributed by atoms with Crippen molar-refractivity contribution in [3.63, 3.8) is 0 Å². The summed E-state index contributed by atoms with van der Waals surface area (Å²) in [4.78, 5) is 0. The van der Waals surface area contributed by atoms with Crippen molar-refractivity contribution in [1.82, 2.24) is 0 Å². The van der Waals surface area contributed by atoms with Gasteiger partial charge in [0, 0.05) is 23.1 Å². The van der Waals surface area contributed by atoms with Crippen molar-refractivity contribution in [2.75, 3.05) is 0 Å². The molecule has 0 saturated heterocycles. The Morgan fingerprint density at radius 1 is 0.667 bits per heavy atom. The van der Waals surface area contributed by atoms with Gasteiger partial charge < -0.3 is 5.53 Å². The Hall–Kier alpha value is -2.92.